The highest BCUT2D eigenvalue weighted by atomic mass is 16.2. The maximum atomic E-state index is 12.2. The van der Waals surface area contributed by atoms with Crippen LogP contribution in [0.4, 0.5) is 5.69 Å². The number of nitrogens with one attached hydrogen (secondary N) is 2. The van der Waals surface area contributed by atoms with Crippen molar-refractivity contribution in [2.75, 3.05) is 18.9 Å². The lowest BCUT2D eigenvalue weighted by atomic mass is 10.1. The first kappa shape index (κ1) is 16.4. The van der Waals surface area contributed by atoms with Crippen molar-refractivity contribution in [3.63, 3.8) is 0 Å². The van der Waals surface area contributed by atoms with Crippen LogP contribution in [0.25, 0.3) is 0 Å². The second-order valence-electron chi connectivity index (χ2n) is 5.45. The largest absolute Gasteiger partial charge is 0.355 e. The van der Waals surface area contributed by atoms with Gasteiger partial charge in [-0.05, 0) is 30.3 Å². The molecule has 0 aromatic heterocycles. The Kier molecular flexibility index (Phi) is 4.30. The van der Waals surface area contributed by atoms with E-state index in [4.69, 9.17) is 0 Å². The van der Waals surface area contributed by atoms with Crippen molar-refractivity contribution < 1.29 is 19.2 Å². The lowest BCUT2D eigenvalue weighted by Gasteiger charge is -2.14. The minimum absolute atomic E-state index is 0.281. The van der Waals surface area contributed by atoms with Crippen LogP contribution in [0.2, 0.25) is 0 Å². The van der Waals surface area contributed by atoms with Gasteiger partial charge in [0.05, 0.1) is 11.1 Å². The zero-order chi connectivity index (χ0) is 18.0. The molecule has 0 saturated heterocycles. The molecule has 0 unspecified atom stereocenters. The maximum absolute atomic E-state index is 12.2. The molecule has 2 N–H and O–H groups in total. The standard InChI is InChI=1S/C18H15N3O4/c1-19-16(23)11-5-4-6-12(9-11)20-15(22)10-21-17(24)13-7-2-3-8-14(13)18(21)25/h2-9H,10H2,1H3,(H,19,23)(H,20,22). The quantitative estimate of drug-likeness (QED) is 0.822. The average molecular weight is 337 g/mol. The zero-order valence-electron chi connectivity index (χ0n) is 13.4. The van der Waals surface area contributed by atoms with Gasteiger partial charge in [-0.15, -0.1) is 0 Å². The third-order valence-corrected chi connectivity index (χ3v) is 3.82. The summed E-state index contributed by atoms with van der Waals surface area (Å²) >= 11 is 0. The summed E-state index contributed by atoms with van der Waals surface area (Å²) in [5.74, 6) is -1.79. The van der Waals surface area contributed by atoms with E-state index >= 15 is 0 Å². The lowest BCUT2D eigenvalue weighted by Crippen LogP contribution is -2.37. The molecular weight excluding hydrogens is 322 g/mol. The number of imide groups is 1. The lowest BCUT2D eigenvalue weighted by molar-refractivity contribution is -0.116. The first-order valence-electron chi connectivity index (χ1n) is 7.58. The maximum Gasteiger partial charge on any atom is 0.262 e. The molecule has 0 aliphatic carbocycles. The van der Waals surface area contributed by atoms with Crippen LogP contribution in [-0.4, -0.2) is 42.1 Å². The van der Waals surface area contributed by atoms with Gasteiger partial charge in [-0.1, -0.05) is 18.2 Å². The van der Waals surface area contributed by atoms with E-state index in [1.807, 2.05) is 0 Å². The molecule has 126 valence electrons. The molecule has 4 amide bonds. The van der Waals surface area contributed by atoms with Gasteiger partial charge in [0.2, 0.25) is 5.91 Å². The topological polar surface area (TPSA) is 95.6 Å². The van der Waals surface area contributed by atoms with Gasteiger partial charge in [0.15, 0.2) is 0 Å². The number of benzene rings is 2. The van der Waals surface area contributed by atoms with Crippen molar-refractivity contribution in [1.82, 2.24) is 10.2 Å². The first-order valence-corrected chi connectivity index (χ1v) is 7.58. The van der Waals surface area contributed by atoms with Gasteiger partial charge in [-0.25, -0.2) is 0 Å². The number of hydrogen-bond donors (Lipinski definition) is 2. The van der Waals surface area contributed by atoms with Crippen LogP contribution in [-0.2, 0) is 4.79 Å². The number of nitrogens with zero attached hydrogens (tertiary/aromatic N) is 1. The SMILES string of the molecule is CNC(=O)c1cccc(NC(=O)CN2C(=O)c3ccccc3C2=O)c1. The van der Waals surface area contributed by atoms with Crippen molar-refractivity contribution >= 4 is 29.3 Å². The molecule has 0 bridgehead atoms. The highest BCUT2D eigenvalue weighted by molar-refractivity contribution is 6.22. The van der Waals surface area contributed by atoms with E-state index in [9.17, 15) is 19.2 Å². The van der Waals surface area contributed by atoms with Crippen LogP contribution in [0, 0.1) is 0 Å². The van der Waals surface area contributed by atoms with Crippen LogP contribution >= 0.6 is 0 Å². The Morgan fingerprint density at radius 1 is 0.960 bits per heavy atom. The van der Waals surface area contributed by atoms with Crippen LogP contribution in [0.3, 0.4) is 0 Å². The van der Waals surface area contributed by atoms with E-state index in [-0.39, 0.29) is 5.91 Å². The first-order chi connectivity index (χ1) is 12.0. The minimum atomic E-state index is -0.524. The molecule has 0 saturated carbocycles. The Labute approximate surface area is 143 Å². The molecule has 0 radical (unpaired) electrons. The second-order valence-corrected chi connectivity index (χ2v) is 5.45. The van der Waals surface area contributed by atoms with Crippen LogP contribution in [0.15, 0.2) is 48.5 Å². The third kappa shape index (κ3) is 3.12. The summed E-state index contributed by atoms with van der Waals surface area (Å²) in [6.45, 7) is -0.392. The fourth-order valence-electron chi connectivity index (χ4n) is 2.61. The van der Waals surface area contributed by atoms with Crippen LogP contribution in [0.5, 0.6) is 0 Å². The van der Waals surface area contributed by atoms with E-state index in [2.05, 4.69) is 10.6 Å². The molecule has 2 aromatic rings. The minimum Gasteiger partial charge on any atom is -0.355 e. The Bertz CT molecular complexity index is 856. The number of carbonyl (C=O) groups is 4. The highest BCUT2D eigenvalue weighted by Gasteiger charge is 2.36. The number of hydrogen-bond acceptors (Lipinski definition) is 4. The van der Waals surface area contributed by atoms with Crippen molar-refractivity contribution in [3.05, 3.63) is 65.2 Å². The second kappa shape index (κ2) is 6.56. The van der Waals surface area contributed by atoms with E-state index in [1.54, 1.807) is 42.5 Å². The smallest absolute Gasteiger partial charge is 0.262 e. The molecule has 1 heterocycles. The number of amides is 4. The fourth-order valence-corrected chi connectivity index (χ4v) is 2.61. The molecule has 1 aliphatic heterocycles. The van der Waals surface area contributed by atoms with Gasteiger partial charge < -0.3 is 10.6 Å². The zero-order valence-corrected chi connectivity index (χ0v) is 13.4. The number of fused-ring (bicyclic) bond motifs is 1. The Balaban J connectivity index is 1.71. The fraction of sp³-hybridized carbons (Fsp3) is 0.111. The molecule has 7 heteroatoms. The summed E-state index contributed by atoms with van der Waals surface area (Å²) in [6, 6.07) is 12.8. The molecule has 0 atom stereocenters. The molecule has 0 spiro atoms. The summed E-state index contributed by atoms with van der Waals surface area (Å²) in [5, 5.41) is 5.08. The highest BCUT2D eigenvalue weighted by Crippen LogP contribution is 2.22. The third-order valence-electron chi connectivity index (χ3n) is 3.82. The predicted molar refractivity (Wildman–Crippen MR) is 90.3 cm³/mol. The Hall–Kier alpha value is -3.48. The van der Waals surface area contributed by atoms with E-state index in [1.165, 1.54) is 13.1 Å². The molecule has 0 fully saturated rings. The van der Waals surface area contributed by atoms with Gasteiger partial charge in [0.1, 0.15) is 6.54 Å². The molecule has 7 nitrogen and oxygen atoms in total. The van der Waals surface area contributed by atoms with Crippen molar-refractivity contribution in [3.8, 4) is 0 Å². The van der Waals surface area contributed by atoms with Gasteiger partial charge in [-0.3, -0.25) is 24.1 Å². The van der Waals surface area contributed by atoms with E-state index in [0.29, 0.717) is 22.4 Å². The summed E-state index contributed by atoms with van der Waals surface area (Å²) in [7, 11) is 1.51. The Morgan fingerprint density at radius 3 is 2.20 bits per heavy atom. The van der Waals surface area contributed by atoms with Gasteiger partial charge in [0, 0.05) is 18.3 Å². The summed E-state index contributed by atoms with van der Waals surface area (Å²) in [4.78, 5) is 49.2. The summed E-state index contributed by atoms with van der Waals surface area (Å²) < 4.78 is 0. The van der Waals surface area contributed by atoms with Crippen LogP contribution in [0.1, 0.15) is 31.1 Å². The molecule has 2 aromatic carbocycles. The molecule has 3 rings (SSSR count). The molecule has 25 heavy (non-hydrogen) atoms. The summed E-state index contributed by atoms with van der Waals surface area (Å²) in [6.07, 6.45) is 0. The molecule has 1 aliphatic rings. The van der Waals surface area contributed by atoms with Crippen LogP contribution < -0.4 is 10.6 Å². The van der Waals surface area contributed by atoms with E-state index in [0.717, 1.165) is 4.90 Å². The number of rotatable bonds is 4. The van der Waals surface area contributed by atoms with Gasteiger partial charge in [0.25, 0.3) is 17.7 Å². The van der Waals surface area contributed by atoms with Crippen molar-refractivity contribution in [1.29, 1.82) is 0 Å². The number of anilines is 1. The van der Waals surface area contributed by atoms with Crippen molar-refractivity contribution in [2.45, 2.75) is 0 Å². The van der Waals surface area contributed by atoms with E-state index < -0.39 is 24.3 Å². The predicted octanol–water partition coefficient (Wildman–Crippen LogP) is 1.28. The Morgan fingerprint density at radius 2 is 1.60 bits per heavy atom. The normalized spacial score (nSPS) is 12.8. The van der Waals surface area contributed by atoms with Gasteiger partial charge in [-0.2, -0.15) is 0 Å². The number of carbonyl (C=O) groups excluding carboxylic acids is 4. The monoisotopic (exact) mass is 337 g/mol. The van der Waals surface area contributed by atoms with Crippen molar-refractivity contribution in [2.24, 2.45) is 0 Å². The summed E-state index contributed by atoms with van der Waals surface area (Å²) in [5.41, 5.74) is 1.38. The molecular formula is C18H15N3O4. The van der Waals surface area contributed by atoms with Gasteiger partial charge >= 0.3 is 0 Å². The average Bonchev–Trinajstić information content (AvgIpc) is 2.86.